The number of allylic oxidation sites excluding steroid dienone is 4. The van der Waals surface area contributed by atoms with Crippen LogP contribution in [0.5, 0.6) is 0 Å². The van der Waals surface area contributed by atoms with Crippen LogP contribution < -0.4 is 0 Å². The van der Waals surface area contributed by atoms with Crippen molar-refractivity contribution < 1.29 is 0 Å². The number of fused-ring (bicyclic) bond motifs is 3. The molecule has 0 aromatic heterocycles. The number of hydrogen-bond acceptors (Lipinski definition) is 0. The van der Waals surface area contributed by atoms with Gasteiger partial charge in [-0.2, -0.15) is 0 Å². The summed E-state index contributed by atoms with van der Waals surface area (Å²) in [7, 11) is 0. The van der Waals surface area contributed by atoms with E-state index < -0.39 is 0 Å². The fraction of sp³-hybridized carbons (Fsp3) is 0.231. The van der Waals surface area contributed by atoms with E-state index >= 15 is 0 Å². The maximum absolute atomic E-state index is 2.31. The monoisotopic (exact) mass is 168 g/mol. The third kappa shape index (κ3) is 0.983. The van der Waals surface area contributed by atoms with Crippen molar-refractivity contribution in [3.05, 3.63) is 59.2 Å². The van der Waals surface area contributed by atoms with Gasteiger partial charge in [0.25, 0.3) is 0 Å². The summed E-state index contributed by atoms with van der Waals surface area (Å²) >= 11 is 0. The summed E-state index contributed by atoms with van der Waals surface area (Å²) in [6, 6.07) is 8.82. The summed E-state index contributed by atoms with van der Waals surface area (Å²) in [5.41, 5.74) is 4.66. The van der Waals surface area contributed by atoms with E-state index in [4.69, 9.17) is 0 Å². The minimum Gasteiger partial charge on any atom is -0.0730 e. The molecule has 1 atom stereocenters. The smallest absolute Gasteiger partial charge is 0.0237 e. The minimum atomic E-state index is 0.602. The molecule has 0 nitrogen and oxygen atoms in total. The molecule has 0 heteroatoms. The van der Waals surface area contributed by atoms with Crippen LogP contribution in [-0.2, 0) is 6.42 Å². The van der Waals surface area contributed by atoms with Crippen LogP contribution in [0, 0.1) is 0 Å². The van der Waals surface area contributed by atoms with Crippen LogP contribution in [0.15, 0.2) is 48.1 Å². The van der Waals surface area contributed by atoms with Gasteiger partial charge in [-0.1, -0.05) is 48.1 Å². The third-order valence-electron chi connectivity index (χ3n) is 3.09. The van der Waals surface area contributed by atoms with Gasteiger partial charge in [0.05, 0.1) is 0 Å². The Morgan fingerprint density at radius 3 is 3.00 bits per heavy atom. The first-order valence-electron chi connectivity index (χ1n) is 4.90. The molecule has 3 rings (SSSR count). The molecule has 0 radical (unpaired) electrons. The lowest BCUT2D eigenvalue weighted by Crippen LogP contribution is -2.08. The fourth-order valence-electron chi connectivity index (χ4n) is 2.40. The molecular formula is C13H12. The molecule has 0 saturated heterocycles. The largest absolute Gasteiger partial charge is 0.0730 e. The molecule has 0 aliphatic heterocycles. The second-order valence-electron chi connectivity index (χ2n) is 3.80. The summed E-state index contributed by atoms with van der Waals surface area (Å²) < 4.78 is 0. The van der Waals surface area contributed by atoms with E-state index in [0.29, 0.717) is 5.92 Å². The normalized spacial score (nSPS) is 23.7. The van der Waals surface area contributed by atoms with Crippen LogP contribution in [0.3, 0.4) is 0 Å². The van der Waals surface area contributed by atoms with E-state index in [9.17, 15) is 0 Å². The van der Waals surface area contributed by atoms with Gasteiger partial charge in [0.2, 0.25) is 0 Å². The lowest BCUT2D eigenvalue weighted by molar-refractivity contribution is 0.792. The average Bonchev–Trinajstić information content (AvgIpc) is 2.65. The molecule has 1 aromatic carbocycles. The molecule has 2 aliphatic rings. The average molecular weight is 168 g/mol. The standard InChI is InChI=1S/C13H12/c1-2-6-12-10(4-1)8-9-11-5-3-7-13(11)12/h1-7,13H,8-9H2. The maximum atomic E-state index is 2.31. The molecular weight excluding hydrogens is 156 g/mol. The van der Waals surface area contributed by atoms with Crippen molar-refractivity contribution in [2.24, 2.45) is 0 Å². The van der Waals surface area contributed by atoms with Crippen LogP contribution >= 0.6 is 0 Å². The van der Waals surface area contributed by atoms with Crippen molar-refractivity contribution >= 4 is 0 Å². The van der Waals surface area contributed by atoms with Gasteiger partial charge in [0, 0.05) is 5.92 Å². The highest BCUT2D eigenvalue weighted by molar-refractivity contribution is 5.47. The Kier molecular flexibility index (Phi) is 1.42. The van der Waals surface area contributed by atoms with E-state index in [0.717, 1.165) is 0 Å². The van der Waals surface area contributed by atoms with Crippen molar-refractivity contribution in [2.75, 3.05) is 0 Å². The van der Waals surface area contributed by atoms with Crippen molar-refractivity contribution in [1.82, 2.24) is 0 Å². The molecule has 13 heavy (non-hydrogen) atoms. The highest BCUT2D eigenvalue weighted by Gasteiger charge is 2.23. The zero-order valence-corrected chi connectivity index (χ0v) is 7.53. The van der Waals surface area contributed by atoms with Crippen molar-refractivity contribution in [3.63, 3.8) is 0 Å². The lowest BCUT2D eigenvalue weighted by atomic mass is 9.81. The first-order valence-corrected chi connectivity index (χ1v) is 4.90. The number of aryl methyl sites for hydroxylation is 1. The molecule has 1 aromatic rings. The molecule has 0 spiro atoms. The van der Waals surface area contributed by atoms with Crippen LogP contribution in [-0.4, -0.2) is 0 Å². The van der Waals surface area contributed by atoms with Gasteiger partial charge in [0.1, 0.15) is 0 Å². The van der Waals surface area contributed by atoms with Crippen LogP contribution in [0.4, 0.5) is 0 Å². The lowest BCUT2D eigenvalue weighted by Gasteiger charge is -2.23. The van der Waals surface area contributed by atoms with Gasteiger partial charge in [-0.3, -0.25) is 0 Å². The molecule has 64 valence electrons. The van der Waals surface area contributed by atoms with E-state index in [1.807, 2.05) is 0 Å². The topological polar surface area (TPSA) is 0 Å². The molecule has 0 heterocycles. The Morgan fingerprint density at radius 1 is 1.08 bits per heavy atom. The highest BCUT2D eigenvalue weighted by atomic mass is 14.3. The Labute approximate surface area is 78.6 Å². The van der Waals surface area contributed by atoms with Crippen molar-refractivity contribution in [3.8, 4) is 0 Å². The Balaban J connectivity index is 2.17. The van der Waals surface area contributed by atoms with Gasteiger partial charge < -0.3 is 0 Å². The number of hydrogen-bond donors (Lipinski definition) is 0. The second-order valence-corrected chi connectivity index (χ2v) is 3.80. The molecule has 0 N–H and O–H groups in total. The fourth-order valence-corrected chi connectivity index (χ4v) is 2.40. The molecule has 2 aliphatic carbocycles. The predicted molar refractivity (Wildman–Crippen MR) is 54.7 cm³/mol. The van der Waals surface area contributed by atoms with E-state index in [-0.39, 0.29) is 0 Å². The Hall–Kier alpha value is -1.30. The first-order chi connectivity index (χ1) is 6.45. The van der Waals surface area contributed by atoms with E-state index in [1.54, 1.807) is 5.57 Å². The van der Waals surface area contributed by atoms with Crippen LogP contribution in [0.2, 0.25) is 0 Å². The Bertz CT molecular complexity index is 396. The van der Waals surface area contributed by atoms with E-state index in [1.165, 1.54) is 24.0 Å². The quantitative estimate of drug-likeness (QED) is 0.558. The van der Waals surface area contributed by atoms with Crippen LogP contribution in [0.25, 0.3) is 0 Å². The summed E-state index contributed by atoms with van der Waals surface area (Å²) in [6.07, 6.45) is 9.25. The molecule has 0 fully saturated rings. The highest BCUT2D eigenvalue weighted by Crippen LogP contribution is 2.39. The Morgan fingerprint density at radius 2 is 2.00 bits per heavy atom. The zero-order chi connectivity index (χ0) is 8.67. The predicted octanol–water partition coefficient (Wildman–Crippen LogP) is 3.21. The summed E-state index contributed by atoms with van der Waals surface area (Å²) in [4.78, 5) is 0. The molecule has 1 unspecified atom stereocenters. The SMILES string of the molecule is C1=CC2C(=C1)CCc1ccccc12. The van der Waals surface area contributed by atoms with Gasteiger partial charge in [-0.25, -0.2) is 0 Å². The molecule has 0 saturated carbocycles. The van der Waals surface area contributed by atoms with Gasteiger partial charge in [-0.05, 0) is 24.0 Å². The summed E-state index contributed by atoms with van der Waals surface area (Å²) in [5.74, 6) is 0.602. The number of benzene rings is 1. The summed E-state index contributed by atoms with van der Waals surface area (Å²) in [6.45, 7) is 0. The molecule has 0 amide bonds. The van der Waals surface area contributed by atoms with Gasteiger partial charge in [-0.15, -0.1) is 0 Å². The van der Waals surface area contributed by atoms with Crippen LogP contribution in [0.1, 0.15) is 23.5 Å². The third-order valence-corrected chi connectivity index (χ3v) is 3.09. The van der Waals surface area contributed by atoms with E-state index in [2.05, 4.69) is 42.5 Å². The summed E-state index contributed by atoms with van der Waals surface area (Å²) in [5, 5.41) is 0. The molecule has 0 bridgehead atoms. The van der Waals surface area contributed by atoms with Gasteiger partial charge >= 0.3 is 0 Å². The van der Waals surface area contributed by atoms with Crippen molar-refractivity contribution in [1.29, 1.82) is 0 Å². The second kappa shape index (κ2) is 2.59. The van der Waals surface area contributed by atoms with Gasteiger partial charge in [0.15, 0.2) is 0 Å². The first kappa shape index (κ1) is 7.14. The number of rotatable bonds is 0. The maximum Gasteiger partial charge on any atom is 0.0237 e. The zero-order valence-electron chi connectivity index (χ0n) is 7.53. The van der Waals surface area contributed by atoms with Crippen molar-refractivity contribution in [2.45, 2.75) is 18.8 Å². The minimum absolute atomic E-state index is 0.602.